The lowest BCUT2D eigenvalue weighted by Crippen LogP contribution is -2.40. The number of oxime groups is 1. The summed E-state index contributed by atoms with van der Waals surface area (Å²) in [6.45, 7) is 13.4. The Labute approximate surface area is 317 Å². The molecule has 1 aromatic rings. The number of alkyl halides is 5. The maximum atomic E-state index is 14.1. The van der Waals surface area contributed by atoms with Crippen molar-refractivity contribution in [2.24, 2.45) is 16.0 Å². The fraction of sp³-hybridized carbons (Fsp3) is 0.737. The standard InChI is InChI=1S/C24H32F5NO7S.C14H26O2/c1-4-22(2,3)20(31)35-16-12-7-5-6-8-13-17-36-21(32)24(28,29)38(33,34)37-30-19(23(25,26)27)18-14-10-9-11-15-18;1-5-13(3,4)12(15)16-14(6-2)10-8-7-9-11-14/h9-11,14-15H,4-8,12-13,16-17H2,1-3H3;5-11H2,1-4H3/b30-19+;. The van der Waals surface area contributed by atoms with Gasteiger partial charge < -0.3 is 14.2 Å². The van der Waals surface area contributed by atoms with Crippen molar-refractivity contribution in [3.63, 3.8) is 0 Å². The van der Waals surface area contributed by atoms with Gasteiger partial charge in [0.25, 0.3) is 0 Å². The minimum absolute atomic E-state index is 0.0150. The van der Waals surface area contributed by atoms with E-state index in [-0.39, 0.29) is 36.0 Å². The summed E-state index contributed by atoms with van der Waals surface area (Å²) < 4.78 is 110. The Kier molecular flexibility index (Phi) is 19.6. The first-order chi connectivity index (χ1) is 25.0. The first-order valence-corrected chi connectivity index (χ1v) is 20.0. The summed E-state index contributed by atoms with van der Waals surface area (Å²) in [6.07, 6.45) is 6.41. The summed E-state index contributed by atoms with van der Waals surface area (Å²) in [5.41, 5.74) is -3.54. The number of halogens is 5. The molecule has 0 bridgehead atoms. The molecule has 0 N–H and O–H groups in total. The van der Waals surface area contributed by atoms with Crippen LogP contribution in [0.3, 0.4) is 0 Å². The van der Waals surface area contributed by atoms with Crippen LogP contribution >= 0.6 is 0 Å². The first-order valence-electron chi connectivity index (χ1n) is 18.6. The van der Waals surface area contributed by atoms with E-state index < -0.39 is 50.8 Å². The van der Waals surface area contributed by atoms with Crippen molar-refractivity contribution in [2.45, 2.75) is 155 Å². The normalized spacial score (nSPS) is 15.4. The summed E-state index contributed by atoms with van der Waals surface area (Å²) in [7, 11) is -6.23. The van der Waals surface area contributed by atoms with Crippen LogP contribution in [0.2, 0.25) is 0 Å². The van der Waals surface area contributed by atoms with Gasteiger partial charge in [-0.25, -0.2) is 4.79 Å². The number of hydrogen-bond donors (Lipinski definition) is 0. The molecule has 54 heavy (non-hydrogen) atoms. The highest BCUT2D eigenvalue weighted by Gasteiger charge is 2.57. The molecule has 1 aromatic carbocycles. The van der Waals surface area contributed by atoms with Crippen molar-refractivity contribution >= 4 is 33.7 Å². The van der Waals surface area contributed by atoms with E-state index >= 15 is 0 Å². The number of carbonyl (C=O) groups excluding carboxylic acids is 3. The van der Waals surface area contributed by atoms with Crippen LogP contribution in [0.15, 0.2) is 35.5 Å². The molecular formula is C38H58F5NO9S. The molecular weight excluding hydrogens is 741 g/mol. The molecule has 1 aliphatic rings. The fourth-order valence-corrected chi connectivity index (χ4v) is 5.50. The van der Waals surface area contributed by atoms with E-state index in [1.807, 2.05) is 27.7 Å². The topological polar surface area (TPSA) is 135 Å². The molecule has 1 saturated carbocycles. The maximum absolute atomic E-state index is 14.1. The van der Waals surface area contributed by atoms with Gasteiger partial charge in [0, 0.05) is 5.56 Å². The zero-order chi connectivity index (χ0) is 41.3. The molecule has 0 amide bonds. The van der Waals surface area contributed by atoms with E-state index in [4.69, 9.17) is 9.47 Å². The van der Waals surface area contributed by atoms with Gasteiger partial charge >= 0.3 is 39.5 Å². The number of hydrogen-bond acceptors (Lipinski definition) is 10. The third-order valence-corrected chi connectivity index (χ3v) is 10.8. The molecule has 1 fully saturated rings. The Bertz CT molecular complexity index is 1460. The van der Waals surface area contributed by atoms with Gasteiger partial charge in [0.05, 0.1) is 24.0 Å². The van der Waals surface area contributed by atoms with Crippen LogP contribution in [0.25, 0.3) is 0 Å². The average Bonchev–Trinajstić information content (AvgIpc) is 3.12. The predicted molar refractivity (Wildman–Crippen MR) is 194 cm³/mol. The molecule has 10 nitrogen and oxygen atoms in total. The van der Waals surface area contributed by atoms with Gasteiger partial charge in [-0.1, -0.05) is 88.4 Å². The Morgan fingerprint density at radius 1 is 0.704 bits per heavy atom. The lowest BCUT2D eigenvalue weighted by molar-refractivity contribution is -0.175. The molecule has 310 valence electrons. The van der Waals surface area contributed by atoms with Crippen molar-refractivity contribution < 1.29 is 63.2 Å². The van der Waals surface area contributed by atoms with Gasteiger partial charge in [-0.3, -0.25) is 13.9 Å². The molecule has 0 spiro atoms. The molecule has 1 aliphatic carbocycles. The Morgan fingerprint density at radius 2 is 1.17 bits per heavy atom. The first kappa shape index (κ1) is 48.7. The van der Waals surface area contributed by atoms with Crippen molar-refractivity contribution in [1.29, 1.82) is 0 Å². The zero-order valence-electron chi connectivity index (χ0n) is 32.6. The van der Waals surface area contributed by atoms with Gasteiger partial charge in [-0.15, -0.1) is 0 Å². The minimum Gasteiger partial charge on any atom is -0.465 e. The smallest absolute Gasteiger partial charge is 0.465 e. The minimum atomic E-state index is -6.23. The van der Waals surface area contributed by atoms with Gasteiger partial charge in [-0.2, -0.15) is 30.4 Å². The van der Waals surface area contributed by atoms with Crippen molar-refractivity contribution in [3.05, 3.63) is 35.9 Å². The molecule has 16 heteroatoms. The number of ether oxygens (including phenoxy) is 3. The van der Waals surface area contributed by atoms with Crippen LogP contribution in [-0.4, -0.2) is 62.3 Å². The number of nitrogens with zero attached hydrogens (tertiary/aromatic N) is 1. The van der Waals surface area contributed by atoms with Crippen molar-refractivity contribution in [3.8, 4) is 0 Å². The highest BCUT2D eigenvalue weighted by molar-refractivity contribution is 7.88. The molecule has 0 saturated heterocycles. The molecule has 2 rings (SSSR count). The Morgan fingerprint density at radius 3 is 1.63 bits per heavy atom. The van der Waals surface area contributed by atoms with Crippen molar-refractivity contribution in [1.82, 2.24) is 0 Å². The number of unbranched alkanes of at least 4 members (excludes halogenated alkanes) is 5. The highest BCUT2D eigenvalue weighted by Crippen LogP contribution is 2.37. The van der Waals surface area contributed by atoms with E-state index in [2.05, 4.69) is 21.1 Å². The van der Waals surface area contributed by atoms with Crippen LogP contribution in [0.5, 0.6) is 0 Å². The monoisotopic (exact) mass is 799 g/mol. The van der Waals surface area contributed by atoms with E-state index in [0.717, 1.165) is 50.7 Å². The van der Waals surface area contributed by atoms with Crippen molar-refractivity contribution in [2.75, 3.05) is 13.2 Å². The fourth-order valence-electron chi connectivity index (χ4n) is 4.97. The average molecular weight is 800 g/mol. The highest BCUT2D eigenvalue weighted by atomic mass is 32.2. The summed E-state index contributed by atoms with van der Waals surface area (Å²) >= 11 is 0. The van der Waals surface area contributed by atoms with E-state index in [1.54, 1.807) is 13.8 Å². The summed E-state index contributed by atoms with van der Waals surface area (Å²) in [5.74, 6) is -2.77. The van der Waals surface area contributed by atoms with Crippen LogP contribution in [-0.2, 0) is 43.0 Å². The molecule has 0 aliphatic heterocycles. The van der Waals surface area contributed by atoms with Crippen LogP contribution in [0.1, 0.15) is 144 Å². The Balaban J connectivity index is 0.000000755. The van der Waals surface area contributed by atoms with Crippen LogP contribution in [0.4, 0.5) is 22.0 Å². The second-order valence-electron chi connectivity index (χ2n) is 14.7. The van der Waals surface area contributed by atoms with E-state index in [1.165, 1.54) is 37.5 Å². The van der Waals surface area contributed by atoms with Crippen LogP contribution in [0, 0.1) is 10.8 Å². The Hall–Kier alpha value is -3.30. The quantitative estimate of drug-likeness (QED) is 0.0316. The number of rotatable bonds is 20. The van der Waals surface area contributed by atoms with Gasteiger partial charge in [-0.05, 0) is 85.5 Å². The van der Waals surface area contributed by atoms with E-state index in [9.17, 15) is 44.8 Å². The third kappa shape index (κ3) is 15.4. The molecule has 0 unspecified atom stereocenters. The third-order valence-electron chi connectivity index (χ3n) is 9.69. The zero-order valence-corrected chi connectivity index (χ0v) is 33.4. The lowest BCUT2D eigenvalue weighted by Gasteiger charge is -2.38. The van der Waals surface area contributed by atoms with Crippen LogP contribution < -0.4 is 0 Å². The number of benzene rings is 1. The second-order valence-corrected chi connectivity index (χ2v) is 16.3. The van der Waals surface area contributed by atoms with Gasteiger partial charge in [0.2, 0.25) is 0 Å². The number of carbonyl (C=O) groups is 3. The number of esters is 3. The summed E-state index contributed by atoms with van der Waals surface area (Å²) in [4.78, 5) is 35.6. The largest absolute Gasteiger partial charge is 0.478 e. The van der Waals surface area contributed by atoms with Gasteiger partial charge in [0.1, 0.15) is 5.60 Å². The predicted octanol–water partition coefficient (Wildman–Crippen LogP) is 9.83. The molecule has 0 radical (unpaired) electrons. The second kappa shape index (κ2) is 21.7. The molecule has 0 aromatic heterocycles. The van der Waals surface area contributed by atoms with E-state index in [0.29, 0.717) is 25.7 Å². The maximum Gasteiger partial charge on any atom is 0.478 e. The molecule has 0 atom stereocenters. The molecule has 0 heterocycles. The van der Waals surface area contributed by atoms with Gasteiger partial charge in [0.15, 0.2) is 5.71 Å². The summed E-state index contributed by atoms with van der Waals surface area (Å²) in [6, 6.07) is 5.56. The SMILES string of the molecule is CCC(C)(C)C(=O)OCCCCCCCCOC(=O)C(F)(F)S(=O)(=O)O/N=C(\c1ccccc1)C(F)(F)F.CCC1(OC(=O)C(C)(C)CC)CCCCC1. The summed E-state index contributed by atoms with van der Waals surface area (Å²) in [5, 5.41) is -2.93. The lowest BCUT2D eigenvalue weighted by atomic mass is 9.82.